The molecule has 4 rings (SSSR count). The Morgan fingerprint density at radius 2 is 1.47 bits per heavy atom. The number of nitrogens with two attached hydrogens (primary N) is 1. The van der Waals surface area contributed by atoms with Gasteiger partial charge in [-0.15, -0.1) is 4.99 Å². The summed E-state index contributed by atoms with van der Waals surface area (Å²) in [5.74, 6) is -2.20. The first-order valence-corrected chi connectivity index (χ1v) is 13.8. The smallest absolute Gasteiger partial charge is 0.437 e. The predicted molar refractivity (Wildman–Crippen MR) is 157 cm³/mol. The fourth-order valence-electron chi connectivity index (χ4n) is 4.91. The second-order valence-corrected chi connectivity index (χ2v) is 11.2. The number of likely N-dealkylation sites (tertiary alicyclic amines) is 1. The molecular formula is C32H33F3N4O4. The van der Waals surface area contributed by atoms with Gasteiger partial charge in [-0.3, -0.25) is 14.9 Å². The van der Waals surface area contributed by atoms with E-state index in [1.807, 2.05) is 42.5 Å². The molecule has 3 amide bonds. The van der Waals surface area contributed by atoms with Crippen molar-refractivity contribution in [3.63, 3.8) is 0 Å². The maximum atomic E-state index is 14.1. The molecule has 0 spiro atoms. The van der Waals surface area contributed by atoms with Gasteiger partial charge in [0.15, 0.2) is 0 Å². The van der Waals surface area contributed by atoms with Gasteiger partial charge in [-0.1, -0.05) is 48.5 Å². The molecule has 1 heterocycles. The first kappa shape index (κ1) is 31.3. The number of benzene rings is 3. The SMILES string of the molecule is CC(C)(C)OC(=O)/N=C(/N)NC(=O)c1ccc(C2CCN(C(=O)c3ccc(-c4ccccc4)cc3)CC2)c(C(F)(F)F)c1. The lowest BCUT2D eigenvalue weighted by atomic mass is 9.85. The molecule has 0 bridgehead atoms. The van der Waals surface area contributed by atoms with Crippen molar-refractivity contribution in [1.82, 2.24) is 10.2 Å². The van der Waals surface area contributed by atoms with Gasteiger partial charge in [0.25, 0.3) is 11.8 Å². The van der Waals surface area contributed by atoms with Crippen LogP contribution in [0.4, 0.5) is 18.0 Å². The average molecular weight is 595 g/mol. The second kappa shape index (κ2) is 12.7. The number of hydrogen-bond donors (Lipinski definition) is 2. The minimum atomic E-state index is -4.73. The summed E-state index contributed by atoms with van der Waals surface area (Å²) < 4.78 is 47.3. The maximum absolute atomic E-state index is 14.1. The van der Waals surface area contributed by atoms with E-state index in [0.717, 1.165) is 17.2 Å². The molecule has 0 aliphatic carbocycles. The van der Waals surface area contributed by atoms with Gasteiger partial charge in [0.1, 0.15) is 5.60 Å². The van der Waals surface area contributed by atoms with Crippen molar-refractivity contribution >= 4 is 23.9 Å². The van der Waals surface area contributed by atoms with Gasteiger partial charge in [-0.25, -0.2) is 4.79 Å². The van der Waals surface area contributed by atoms with Crippen LogP contribution in [0.2, 0.25) is 0 Å². The van der Waals surface area contributed by atoms with E-state index in [2.05, 4.69) is 10.3 Å². The van der Waals surface area contributed by atoms with Crippen LogP contribution in [0.5, 0.6) is 0 Å². The number of nitrogens with zero attached hydrogens (tertiary/aromatic N) is 2. The van der Waals surface area contributed by atoms with Crippen molar-refractivity contribution in [3.05, 3.63) is 95.1 Å². The van der Waals surface area contributed by atoms with Crippen LogP contribution in [0.15, 0.2) is 77.8 Å². The number of aliphatic imine (C=N–C) groups is 1. The number of rotatable bonds is 4. The lowest BCUT2D eigenvalue weighted by Crippen LogP contribution is -2.38. The van der Waals surface area contributed by atoms with Gasteiger partial charge >= 0.3 is 12.3 Å². The molecule has 1 saturated heterocycles. The number of hydrogen-bond acceptors (Lipinski definition) is 4. The lowest BCUT2D eigenvalue weighted by molar-refractivity contribution is -0.138. The number of halogens is 3. The second-order valence-electron chi connectivity index (χ2n) is 11.2. The fourth-order valence-corrected chi connectivity index (χ4v) is 4.91. The third-order valence-electron chi connectivity index (χ3n) is 6.93. The lowest BCUT2D eigenvalue weighted by Gasteiger charge is -2.33. The molecule has 1 aliphatic heterocycles. The summed E-state index contributed by atoms with van der Waals surface area (Å²) in [6, 6.07) is 20.3. The first-order chi connectivity index (χ1) is 20.2. The quantitative estimate of drug-likeness (QED) is 0.269. The molecule has 8 nitrogen and oxygen atoms in total. The largest absolute Gasteiger partial charge is 0.442 e. The third kappa shape index (κ3) is 8.21. The molecule has 3 aromatic rings. The van der Waals surface area contributed by atoms with E-state index >= 15 is 0 Å². The fraction of sp³-hybridized carbons (Fsp3) is 0.312. The molecular weight excluding hydrogens is 561 g/mol. The number of amides is 3. The maximum Gasteiger partial charge on any atom is 0.437 e. The zero-order valence-corrected chi connectivity index (χ0v) is 24.1. The first-order valence-electron chi connectivity index (χ1n) is 13.8. The molecule has 11 heteroatoms. The van der Waals surface area contributed by atoms with Gasteiger partial charge in [-0.2, -0.15) is 13.2 Å². The van der Waals surface area contributed by atoms with Gasteiger partial charge < -0.3 is 15.4 Å². The summed E-state index contributed by atoms with van der Waals surface area (Å²) in [5, 5.41) is 2.11. The van der Waals surface area contributed by atoms with Crippen LogP contribution in [-0.2, 0) is 10.9 Å². The number of carbonyl (C=O) groups excluding carboxylic acids is 3. The van der Waals surface area contributed by atoms with Crippen LogP contribution in [0.25, 0.3) is 11.1 Å². The van der Waals surface area contributed by atoms with E-state index in [9.17, 15) is 27.6 Å². The summed E-state index contributed by atoms with van der Waals surface area (Å²) in [6.45, 7) is 5.42. The molecule has 226 valence electrons. The topological polar surface area (TPSA) is 114 Å². The average Bonchev–Trinajstić information content (AvgIpc) is 2.95. The summed E-state index contributed by atoms with van der Waals surface area (Å²) in [4.78, 5) is 42.6. The molecule has 0 aromatic heterocycles. The molecule has 1 fully saturated rings. The number of nitrogens with one attached hydrogen (secondary N) is 1. The standard InChI is InChI=1S/C32H33F3N4O4/c1-31(2,3)43-30(42)38-29(36)37-27(40)24-13-14-25(26(19-24)32(33,34)35)22-15-17-39(18-16-22)28(41)23-11-9-21(10-12-23)20-7-5-4-6-8-20/h4-14,19,22H,15-18H2,1-3H3,(H3,36,37,38,40,42). The summed E-state index contributed by atoms with van der Waals surface area (Å²) in [7, 11) is 0. The number of ether oxygens (including phenoxy) is 1. The molecule has 0 unspecified atom stereocenters. The van der Waals surface area contributed by atoms with Crippen molar-refractivity contribution in [1.29, 1.82) is 0 Å². The number of alkyl halides is 3. The molecule has 3 N–H and O–H groups in total. The van der Waals surface area contributed by atoms with Gasteiger partial charge in [0, 0.05) is 24.2 Å². The van der Waals surface area contributed by atoms with E-state index in [-0.39, 0.29) is 17.0 Å². The highest BCUT2D eigenvalue weighted by Crippen LogP contribution is 2.39. The van der Waals surface area contributed by atoms with Crippen molar-refractivity contribution in [3.8, 4) is 11.1 Å². The Morgan fingerprint density at radius 3 is 2.05 bits per heavy atom. The highest BCUT2D eigenvalue weighted by atomic mass is 19.4. The van der Waals surface area contributed by atoms with Crippen molar-refractivity contribution in [2.24, 2.45) is 10.7 Å². The van der Waals surface area contributed by atoms with E-state index in [4.69, 9.17) is 10.5 Å². The minimum Gasteiger partial charge on any atom is -0.442 e. The number of piperidine rings is 1. The Hall–Kier alpha value is -4.67. The van der Waals surface area contributed by atoms with Gasteiger partial charge in [0.2, 0.25) is 5.96 Å². The molecule has 0 atom stereocenters. The zero-order chi connectivity index (χ0) is 31.4. The molecule has 43 heavy (non-hydrogen) atoms. The predicted octanol–water partition coefficient (Wildman–Crippen LogP) is 6.37. The Labute approximate surface area is 247 Å². The third-order valence-corrected chi connectivity index (χ3v) is 6.93. The molecule has 1 aliphatic rings. The van der Waals surface area contributed by atoms with Gasteiger partial charge in [0.05, 0.1) is 5.56 Å². The van der Waals surface area contributed by atoms with Crippen LogP contribution in [0.3, 0.4) is 0 Å². The highest BCUT2D eigenvalue weighted by Gasteiger charge is 2.37. The molecule has 3 aromatic carbocycles. The van der Waals surface area contributed by atoms with Crippen LogP contribution in [-0.4, -0.2) is 47.5 Å². The van der Waals surface area contributed by atoms with Crippen LogP contribution in [0, 0.1) is 0 Å². The van der Waals surface area contributed by atoms with Gasteiger partial charge in [-0.05, 0) is 80.5 Å². The van der Waals surface area contributed by atoms with Crippen LogP contribution < -0.4 is 11.1 Å². The molecule has 0 saturated carbocycles. The Kier molecular flexibility index (Phi) is 9.22. The normalized spacial score (nSPS) is 14.7. The zero-order valence-electron chi connectivity index (χ0n) is 24.1. The van der Waals surface area contributed by atoms with E-state index < -0.39 is 41.2 Å². The highest BCUT2D eigenvalue weighted by molar-refractivity contribution is 6.07. The van der Waals surface area contributed by atoms with Crippen molar-refractivity contribution in [2.45, 2.75) is 51.3 Å². The molecule has 0 radical (unpaired) electrons. The summed E-state index contributed by atoms with van der Waals surface area (Å²) in [5.41, 5.74) is 6.07. The number of guanidine groups is 1. The van der Waals surface area contributed by atoms with E-state index in [1.54, 1.807) is 37.8 Å². The number of carbonyl (C=O) groups is 3. The Balaban J connectivity index is 1.43. The summed E-state index contributed by atoms with van der Waals surface area (Å²) in [6.07, 6.45) is -5.11. The Morgan fingerprint density at radius 1 is 0.884 bits per heavy atom. The minimum absolute atomic E-state index is 0.0544. The van der Waals surface area contributed by atoms with Crippen molar-refractivity contribution in [2.75, 3.05) is 13.1 Å². The summed E-state index contributed by atoms with van der Waals surface area (Å²) >= 11 is 0. The Bertz CT molecular complexity index is 1510. The van der Waals surface area contributed by atoms with Crippen molar-refractivity contribution < 1.29 is 32.3 Å². The monoisotopic (exact) mass is 594 g/mol. The van der Waals surface area contributed by atoms with Crippen LogP contribution >= 0.6 is 0 Å². The van der Waals surface area contributed by atoms with Crippen LogP contribution in [0.1, 0.15) is 71.4 Å². The van der Waals surface area contributed by atoms with E-state index in [0.29, 0.717) is 31.5 Å². The van der Waals surface area contributed by atoms with E-state index in [1.165, 1.54) is 12.1 Å².